The second kappa shape index (κ2) is 7.61. The van der Waals surface area contributed by atoms with Gasteiger partial charge in [-0.2, -0.15) is 0 Å². The van der Waals surface area contributed by atoms with Gasteiger partial charge in [0.2, 0.25) is 5.91 Å². The summed E-state index contributed by atoms with van der Waals surface area (Å²) < 4.78 is 12.8. The number of aryl methyl sites for hydroxylation is 1. The van der Waals surface area contributed by atoms with Crippen LogP contribution in [0.15, 0.2) is 24.3 Å². The van der Waals surface area contributed by atoms with Crippen LogP contribution >= 0.6 is 0 Å². The van der Waals surface area contributed by atoms with Crippen molar-refractivity contribution in [2.75, 3.05) is 26.2 Å². The van der Waals surface area contributed by atoms with Crippen LogP contribution in [0.4, 0.5) is 9.18 Å². The van der Waals surface area contributed by atoms with Gasteiger partial charge in [-0.15, -0.1) is 0 Å². The van der Waals surface area contributed by atoms with Crippen LogP contribution in [0.5, 0.6) is 0 Å². The zero-order valence-corrected chi connectivity index (χ0v) is 11.9. The summed E-state index contributed by atoms with van der Waals surface area (Å²) in [5, 5.41) is 5.55. The summed E-state index contributed by atoms with van der Waals surface area (Å²) in [7, 11) is 0. The number of hydrogen-bond acceptors (Lipinski definition) is 2. The van der Waals surface area contributed by atoms with Gasteiger partial charge in [-0.3, -0.25) is 4.79 Å². The Labute approximate surface area is 123 Å². The number of amides is 3. The molecule has 1 aliphatic rings. The van der Waals surface area contributed by atoms with E-state index in [1.54, 1.807) is 12.1 Å². The third-order valence-corrected chi connectivity index (χ3v) is 3.38. The maximum atomic E-state index is 12.8. The molecule has 1 aromatic rings. The molecule has 1 heterocycles. The average Bonchev–Trinajstić information content (AvgIpc) is 2.70. The molecule has 0 aliphatic carbocycles. The number of nitrogens with zero attached hydrogens (tertiary/aromatic N) is 1. The van der Waals surface area contributed by atoms with Crippen LogP contribution in [-0.4, -0.2) is 43.0 Å². The molecular formula is C15H20FN3O2. The summed E-state index contributed by atoms with van der Waals surface area (Å²) in [6.07, 6.45) is 2.33. The molecule has 0 saturated carbocycles. The number of nitrogens with one attached hydrogen (secondary N) is 2. The molecule has 3 amide bonds. The molecule has 1 saturated heterocycles. The van der Waals surface area contributed by atoms with E-state index in [-0.39, 0.29) is 24.3 Å². The van der Waals surface area contributed by atoms with E-state index < -0.39 is 0 Å². The van der Waals surface area contributed by atoms with Gasteiger partial charge in [-0.25, -0.2) is 9.18 Å². The van der Waals surface area contributed by atoms with Crippen LogP contribution in [0.1, 0.15) is 18.4 Å². The van der Waals surface area contributed by atoms with Crippen LogP contribution in [0, 0.1) is 5.82 Å². The lowest BCUT2D eigenvalue weighted by Crippen LogP contribution is -2.43. The molecule has 5 nitrogen and oxygen atoms in total. The van der Waals surface area contributed by atoms with Crippen LogP contribution in [0.2, 0.25) is 0 Å². The van der Waals surface area contributed by atoms with Crippen molar-refractivity contribution in [2.24, 2.45) is 0 Å². The number of hydrogen-bond donors (Lipinski definition) is 2. The van der Waals surface area contributed by atoms with Gasteiger partial charge >= 0.3 is 6.03 Å². The number of urea groups is 1. The molecule has 1 aliphatic heterocycles. The highest BCUT2D eigenvalue weighted by atomic mass is 19.1. The Morgan fingerprint density at radius 2 is 2.10 bits per heavy atom. The van der Waals surface area contributed by atoms with Crippen molar-refractivity contribution < 1.29 is 14.0 Å². The summed E-state index contributed by atoms with van der Waals surface area (Å²) >= 11 is 0. The first kappa shape index (κ1) is 15.3. The lowest BCUT2D eigenvalue weighted by atomic mass is 10.1. The van der Waals surface area contributed by atoms with E-state index in [4.69, 9.17) is 0 Å². The fourth-order valence-electron chi connectivity index (χ4n) is 2.23. The highest BCUT2D eigenvalue weighted by molar-refractivity contribution is 5.84. The normalized spacial score (nSPS) is 15.3. The van der Waals surface area contributed by atoms with Gasteiger partial charge in [0.15, 0.2) is 0 Å². The highest BCUT2D eigenvalue weighted by Gasteiger charge is 2.18. The summed E-state index contributed by atoms with van der Waals surface area (Å²) in [5.74, 6) is -0.361. The highest BCUT2D eigenvalue weighted by Crippen LogP contribution is 2.05. The summed E-state index contributed by atoms with van der Waals surface area (Å²) in [4.78, 5) is 24.8. The predicted molar refractivity (Wildman–Crippen MR) is 77.3 cm³/mol. The summed E-state index contributed by atoms with van der Waals surface area (Å²) in [6.45, 7) is 1.85. The van der Waals surface area contributed by atoms with E-state index in [2.05, 4.69) is 10.6 Å². The molecule has 1 fully saturated rings. The Bertz CT molecular complexity index is 490. The minimum Gasteiger partial charge on any atom is -0.354 e. The number of benzene rings is 1. The van der Waals surface area contributed by atoms with Crippen LogP contribution < -0.4 is 10.6 Å². The third-order valence-electron chi connectivity index (χ3n) is 3.38. The Morgan fingerprint density at radius 3 is 2.86 bits per heavy atom. The van der Waals surface area contributed by atoms with Crippen molar-refractivity contribution in [3.8, 4) is 0 Å². The molecule has 6 heteroatoms. The molecule has 21 heavy (non-hydrogen) atoms. The van der Waals surface area contributed by atoms with Gasteiger partial charge in [0, 0.05) is 19.6 Å². The smallest absolute Gasteiger partial charge is 0.317 e. The quantitative estimate of drug-likeness (QED) is 0.822. The molecule has 0 aromatic heterocycles. The van der Waals surface area contributed by atoms with Gasteiger partial charge < -0.3 is 15.5 Å². The number of rotatable bonds is 4. The lowest BCUT2D eigenvalue weighted by Gasteiger charge is -2.19. The first-order valence-electron chi connectivity index (χ1n) is 7.19. The van der Waals surface area contributed by atoms with Crippen LogP contribution in [0.25, 0.3) is 0 Å². The molecule has 0 radical (unpaired) electrons. The second-order valence-electron chi connectivity index (χ2n) is 5.09. The molecule has 0 spiro atoms. The van der Waals surface area contributed by atoms with Crippen molar-refractivity contribution in [3.05, 3.63) is 35.6 Å². The fourth-order valence-corrected chi connectivity index (χ4v) is 2.23. The maximum absolute atomic E-state index is 12.8. The fraction of sp³-hybridized carbons (Fsp3) is 0.467. The number of halogens is 1. The van der Waals surface area contributed by atoms with E-state index in [0.29, 0.717) is 19.6 Å². The van der Waals surface area contributed by atoms with E-state index in [1.165, 1.54) is 17.0 Å². The molecule has 2 N–H and O–H groups in total. The Balaban J connectivity index is 1.69. The number of carbonyl (C=O) groups excluding carboxylic acids is 2. The lowest BCUT2D eigenvalue weighted by molar-refractivity contribution is -0.121. The largest absolute Gasteiger partial charge is 0.354 e. The van der Waals surface area contributed by atoms with Crippen molar-refractivity contribution in [2.45, 2.75) is 19.3 Å². The minimum absolute atomic E-state index is 0.115. The zero-order chi connectivity index (χ0) is 15.1. The van der Waals surface area contributed by atoms with Crippen molar-refractivity contribution in [1.82, 2.24) is 15.5 Å². The van der Waals surface area contributed by atoms with Gasteiger partial charge in [0.05, 0.1) is 0 Å². The average molecular weight is 293 g/mol. The molecule has 0 unspecified atom stereocenters. The van der Waals surface area contributed by atoms with Gasteiger partial charge in [-0.05, 0) is 37.0 Å². The first-order chi connectivity index (χ1) is 10.1. The molecule has 0 bridgehead atoms. The Hall–Kier alpha value is -2.11. The zero-order valence-electron chi connectivity index (χ0n) is 11.9. The first-order valence-corrected chi connectivity index (χ1v) is 7.19. The van der Waals surface area contributed by atoms with Crippen LogP contribution in [0.3, 0.4) is 0 Å². The summed E-state index contributed by atoms with van der Waals surface area (Å²) in [6, 6.07) is 6.16. The standard InChI is InChI=1S/C15H20FN3O2/c16-13-6-4-12(5-7-13)3-1-8-18-15(21)19-10-2-9-17-14(20)11-19/h4-7H,1-3,8-11H2,(H,17,20)(H,18,21). The topological polar surface area (TPSA) is 61.4 Å². The molecule has 0 atom stereocenters. The number of carbonyl (C=O) groups is 2. The van der Waals surface area contributed by atoms with E-state index in [9.17, 15) is 14.0 Å². The SMILES string of the molecule is O=C1CN(C(=O)NCCCc2ccc(F)cc2)CCCN1. The van der Waals surface area contributed by atoms with E-state index in [1.807, 2.05) is 0 Å². The van der Waals surface area contributed by atoms with Crippen molar-refractivity contribution in [3.63, 3.8) is 0 Å². The summed E-state index contributed by atoms with van der Waals surface area (Å²) in [5.41, 5.74) is 1.04. The second-order valence-corrected chi connectivity index (χ2v) is 5.09. The molecule has 114 valence electrons. The van der Waals surface area contributed by atoms with Gasteiger partial charge in [0.25, 0.3) is 0 Å². The van der Waals surface area contributed by atoms with Crippen molar-refractivity contribution in [1.29, 1.82) is 0 Å². The molecule has 2 rings (SSSR count). The van der Waals surface area contributed by atoms with Crippen LogP contribution in [-0.2, 0) is 11.2 Å². The maximum Gasteiger partial charge on any atom is 0.317 e. The van der Waals surface area contributed by atoms with Crippen molar-refractivity contribution >= 4 is 11.9 Å². The minimum atomic E-state index is -0.244. The van der Waals surface area contributed by atoms with E-state index in [0.717, 1.165) is 24.8 Å². The molecule has 1 aromatic carbocycles. The third kappa shape index (κ3) is 5.06. The van der Waals surface area contributed by atoms with Gasteiger partial charge in [0.1, 0.15) is 12.4 Å². The Morgan fingerprint density at radius 1 is 1.33 bits per heavy atom. The van der Waals surface area contributed by atoms with Gasteiger partial charge in [-0.1, -0.05) is 12.1 Å². The molecular weight excluding hydrogens is 273 g/mol. The predicted octanol–water partition coefficient (Wildman–Crippen LogP) is 1.29. The Kier molecular flexibility index (Phi) is 5.54. The monoisotopic (exact) mass is 293 g/mol. The van der Waals surface area contributed by atoms with E-state index >= 15 is 0 Å².